The third-order valence-corrected chi connectivity index (χ3v) is 6.24. The van der Waals surface area contributed by atoms with Gasteiger partial charge in [0.15, 0.2) is 17.6 Å². The van der Waals surface area contributed by atoms with Crippen LogP contribution >= 0.6 is 0 Å². The van der Waals surface area contributed by atoms with Gasteiger partial charge in [0.25, 0.3) is 0 Å². The zero-order valence-electron chi connectivity index (χ0n) is 22.8. The molecule has 1 aromatic heterocycles. The van der Waals surface area contributed by atoms with Crippen LogP contribution in [0.1, 0.15) is 40.2 Å². The SMILES string of the molecule is CC.COC(=O)COc1ccc(S(=O)n2cc(CN(C)C(=O)OC(C)(C)C)cc2-c2ccccc2F)cc1. The van der Waals surface area contributed by atoms with Crippen LogP contribution in [0.3, 0.4) is 0 Å². The van der Waals surface area contributed by atoms with Crippen LogP contribution in [-0.2, 0) is 31.8 Å². The number of carbonyl (C=O) groups excluding carboxylic acids is 2. The number of aromatic nitrogens is 1. The molecule has 0 N–H and O–H groups in total. The zero-order valence-corrected chi connectivity index (χ0v) is 23.6. The minimum atomic E-state index is -1.74. The van der Waals surface area contributed by atoms with Crippen molar-refractivity contribution >= 4 is 23.0 Å². The van der Waals surface area contributed by atoms with Crippen molar-refractivity contribution in [1.29, 1.82) is 0 Å². The smallest absolute Gasteiger partial charge is 0.410 e. The summed E-state index contributed by atoms with van der Waals surface area (Å²) >= 11 is 0. The Morgan fingerprint density at radius 2 is 1.68 bits per heavy atom. The number of ether oxygens (including phenoxy) is 3. The molecule has 0 aliphatic heterocycles. The van der Waals surface area contributed by atoms with E-state index in [0.717, 1.165) is 0 Å². The number of carbonyl (C=O) groups is 2. The van der Waals surface area contributed by atoms with Gasteiger partial charge in [-0.2, -0.15) is 0 Å². The number of benzene rings is 2. The summed E-state index contributed by atoms with van der Waals surface area (Å²) in [6.45, 7) is 9.25. The highest BCUT2D eigenvalue weighted by Gasteiger charge is 2.22. The molecule has 0 radical (unpaired) electrons. The fourth-order valence-electron chi connectivity index (χ4n) is 3.23. The van der Waals surface area contributed by atoms with E-state index >= 15 is 0 Å². The Morgan fingerprint density at radius 1 is 1.05 bits per heavy atom. The molecule has 10 heteroatoms. The first kappa shape index (κ1) is 30.6. The van der Waals surface area contributed by atoms with Gasteiger partial charge >= 0.3 is 12.1 Å². The summed E-state index contributed by atoms with van der Waals surface area (Å²) in [7, 11) is 1.12. The largest absolute Gasteiger partial charge is 0.482 e. The van der Waals surface area contributed by atoms with E-state index in [1.807, 2.05) is 13.8 Å². The van der Waals surface area contributed by atoms with Crippen LogP contribution in [-0.4, -0.2) is 51.5 Å². The van der Waals surface area contributed by atoms with E-state index in [9.17, 15) is 18.2 Å². The third kappa shape index (κ3) is 8.44. The summed E-state index contributed by atoms with van der Waals surface area (Å²) in [5.74, 6) is -0.580. The van der Waals surface area contributed by atoms with E-state index in [1.165, 1.54) is 22.0 Å². The van der Waals surface area contributed by atoms with Gasteiger partial charge in [-0.05, 0) is 68.8 Å². The molecule has 0 bridgehead atoms. The van der Waals surface area contributed by atoms with E-state index in [4.69, 9.17) is 9.47 Å². The zero-order chi connectivity index (χ0) is 28.5. The fraction of sp³-hybridized carbons (Fsp3) is 0.357. The lowest BCUT2D eigenvalue weighted by Crippen LogP contribution is -2.33. The summed E-state index contributed by atoms with van der Waals surface area (Å²) < 4.78 is 45.0. The van der Waals surface area contributed by atoms with Crippen LogP contribution in [0.2, 0.25) is 0 Å². The molecule has 1 atom stereocenters. The van der Waals surface area contributed by atoms with Crippen LogP contribution in [0, 0.1) is 5.82 Å². The quantitative estimate of drug-likeness (QED) is 0.332. The number of amides is 1. The maximum Gasteiger partial charge on any atom is 0.410 e. The average Bonchev–Trinajstić information content (AvgIpc) is 3.30. The molecular formula is C28H35FN2O6S. The lowest BCUT2D eigenvalue weighted by molar-refractivity contribution is -0.142. The second-order valence-electron chi connectivity index (χ2n) is 8.96. The molecule has 0 aliphatic rings. The summed E-state index contributed by atoms with van der Waals surface area (Å²) in [6, 6.07) is 14.3. The number of esters is 1. The van der Waals surface area contributed by atoms with Crippen molar-refractivity contribution in [3.8, 4) is 17.0 Å². The summed E-state index contributed by atoms with van der Waals surface area (Å²) in [6.07, 6.45) is 1.12. The third-order valence-electron chi connectivity index (χ3n) is 4.91. The molecule has 0 saturated heterocycles. The first-order valence-corrected chi connectivity index (χ1v) is 13.2. The molecule has 0 fully saturated rings. The predicted octanol–water partition coefficient (Wildman–Crippen LogP) is 5.81. The van der Waals surface area contributed by atoms with E-state index < -0.39 is 34.5 Å². The van der Waals surface area contributed by atoms with Crippen molar-refractivity contribution in [1.82, 2.24) is 8.87 Å². The summed E-state index contributed by atoms with van der Waals surface area (Å²) in [5.41, 5.74) is 0.664. The number of halogens is 1. The standard InChI is InChI=1S/C26H29FN2O6S.C2H6/c1-26(2,3)35-25(31)28(4)15-18-14-23(21-8-6-7-9-22(21)27)29(16-18)36(32)20-12-10-19(11-13-20)34-17-24(30)33-5;1-2/h6-14,16H,15,17H2,1-5H3;1-2H3. The van der Waals surface area contributed by atoms with Gasteiger partial charge in [-0.3, -0.25) is 3.97 Å². The normalized spacial score (nSPS) is 11.6. The maximum absolute atomic E-state index is 14.7. The Balaban J connectivity index is 0.00000247. The molecular weight excluding hydrogens is 511 g/mol. The molecule has 1 unspecified atom stereocenters. The highest BCUT2D eigenvalue weighted by atomic mass is 32.2. The van der Waals surface area contributed by atoms with Gasteiger partial charge in [-0.1, -0.05) is 26.0 Å². The number of hydrogen-bond acceptors (Lipinski definition) is 6. The summed E-state index contributed by atoms with van der Waals surface area (Å²) in [5, 5.41) is 0. The van der Waals surface area contributed by atoms with E-state index in [1.54, 1.807) is 82.5 Å². The number of methoxy groups -OCH3 is 1. The van der Waals surface area contributed by atoms with Crippen LogP contribution < -0.4 is 4.74 Å². The molecule has 2 aromatic carbocycles. The van der Waals surface area contributed by atoms with Crippen molar-refractivity contribution in [2.75, 3.05) is 20.8 Å². The van der Waals surface area contributed by atoms with Gasteiger partial charge in [0.1, 0.15) is 17.2 Å². The van der Waals surface area contributed by atoms with E-state index in [0.29, 0.717) is 21.9 Å². The second-order valence-corrected chi connectivity index (χ2v) is 10.3. The Bertz CT molecular complexity index is 1250. The van der Waals surface area contributed by atoms with Crippen molar-refractivity contribution in [2.24, 2.45) is 0 Å². The van der Waals surface area contributed by atoms with Gasteiger partial charge in [-0.15, -0.1) is 0 Å². The van der Waals surface area contributed by atoms with E-state index in [-0.39, 0.29) is 18.7 Å². The lowest BCUT2D eigenvalue weighted by atomic mass is 10.1. The van der Waals surface area contributed by atoms with Crippen LogP contribution in [0.5, 0.6) is 5.75 Å². The van der Waals surface area contributed by atoms with Crippen molar-refractivity contribution in [3.63, 3.8) is 0 Å². The van der Waals surface area contributed by atoms with Crippen LogP contribution in [0.4, 0.5) is 9.18 Å². The Labute approximate surface area is 225 Å². The summed E-state index contributed by atoms with van der Waals surface area (Å²) in [4.78, 5) is 25.5. The first-order chi connectivity index (χ1) is 18.0. The van der Waals surface area contributed by atoms with Crippen molar-refractivity contribution in [3.05, 3.63) is 72.2 Å². The van der Waals surface area contributed by atoms with Gasteiger partial charge in [0, 0.05) is 18.8 Å². The Hall–Kier alpha value is -3.66. The fourth-order valence-corrected chi connectivity index (χ4v) is 4.39. The Kier molecular flexibility index (Phi) is 11.1. The number of rotatable bonds is 8. The molecule has 0 saturated carbocycles. The highest BCUT2D eigenvalue weighted by Crippen LogP contribution is 2.29. The number of nitrogens with zero attached hydrogens (tertiary/aromatic N) is 2. The molecule has 206 valence electrons. The molecule has 3 rings (SSSR count). The van der Waals surface area contributed by atoms with Gasteiger partial charge < -0.3 is 19.1 Å². The molecule has 1 amide bonds. The van der Waals surface area contributed by atoms with Crippen LogP contribution in [0.15, 0.2) is 65.7 Å². The average molecular weight is 547 g/mol. The molecule has 38 heavy (non-hydrogen) atoms. The molecule has 0 aliphatic carbocycles. The first-order valence-electron chi connectivity index (χ1n) is 12.1. The highest BCUT2D eigenvalue weighted by molar-refractivity contribution is 7.83. The molecule has 0 spiro atoms. The topological polar surface area (TPSA) is 87.1 Å². The number of hydrogen-bond donors (Lipinski definition) is 0. The molecule has 1 heterocycles. The van der Waals surface area contributed by atoms with Crippen molar-refractivity contribution < 1.29 is 32.4 Å². The second kappa shape index (κ2) is 13.8. The Morgan fingerprint density at radius 3 is 2.26 bits per heavy atom. The monoisotopic (exact) mass is 546 g/mol. The minimum absolute atomic E-state index is 0.168. The van der Waals surface area contributed by atoms with Gasteiger partial charge in [0.2, 0.25) is 0 Å². The van der Waals surface area contributed by atoms with Crippen LogP contribution in [0.25, 0.3) is 11.3 Å². The molecule has 3 aromatic rings. The predicted molar refractivity (Wildman–Crippen MR) is 145 cm³/mol. The lowest BCUT2D eigenvalue weighted by Gasteiger charge is -2.24. The maximum atomic E-state index is 14.7. The van der Waals surface area contributed by atoms with Gasteiger partial charge in [-0.25, -0.2) is 18.2 Å². The molecule has 8 nitrogen and oxygen atoms in total. The van der Waals surface area contributed by atoms with E-state index in [2.05, 4.69) is 4.74 Å². The van der Waals surface area contributed by atoms with Crippen molar-refractivity contribution in [2.45, 2.75) is 51.7 Å². The van der Waals surface area contributed by atoms with Gasteiger partial charge in [0.05, 0.1) is 24.2 Å². The minimum Gasteiger partial charge on any atom is -0.482 e.